The lowest BCUT2D eigenvalue weighted by molar-refractivity contribution is 0.629. The van der Waals surface area contributed by atoms with Crippen LogP contribution in [0.1, 0.15) is 42.7 Å². The van der Waals surface area contributed by atoms with E-state index in [-0.39, 0.29) is 10.0 Å². The van der Waals surface area contributed by atoms with Gasteiger partial charge >= 0.3 is 0 Å². The summed E-state index contributed by atoms with van der Waals surface area (Å²) in [4.78, 5) is 9.01. The molecule has 0 fully saturated rings. The second-order valence-corrected chi connectivity index (χ2v) is 7.46. The van der Waals surface area contributed by atoms with E-state index in [0.29, 0.717) is 11.6 Å². The van der Waals surface area contributed by atoms with E-state index >= 15 is 0 Å². The first-order valence-electron chi connectivity index (χ1n) is 9.48. The van der Waals surface area contributed by atoms with Gasteiger partial charge in [-0.25, -0.2) is 14.4 Å². The lowest BCUT2D eigenvalue weighted by Gasteiger charge is -2.13. The summed E-state index contributed by atoms with van der Waals surface area (Å²) in [7, 11) is 0. The molecule has 29 heavy (non-hydrogen) atoms. The van der Waals surface area contributed by atoms with Gasteiger partial charge < -0.3 is 5.32 Å². The molecule has 0 atom stereocenters. The minimum Gasteiger partial charge on any atom is -0.324 e. The summed E-state index contributed by atoms with van der Waals surface area (Å²) in [5, 5.41) is 2.91. The zero-order valence-electron chi connectivity index (χ0n) is 16.6. The Morgan fingerprint density at radius 3 is 2.31 bits per heavy atom. The summed E-state index contributed by atoms with van der Waals surface area (Å²) in [6.07, 6.45) is 5.88. The molecule has 6 heteroatoms. The topological polar surface area (TPSA) is 37.8 Å². The molecule has 0 saturated carbocycles. The molecule has 0 aliphatic heterocycles. The fourth-order valence-corrected chi connectivity index (χ4v) is 3.54. The number of nitrogens with one attached hydrogen (secondary N) is 1. The normalized spacial score (nSPS) is 11.6. The minimum atomic E-state index is -0.644. The molecule has 2 aromatic carbocycles. The highest BCUT2D eigenvalue weighted by Gasteiger charge is 2.12. The van der Waals surface area contributed by atoms with Crippen molar-refractivity contribution in [2.45, 2.75) is 33.6 Å². The van der Waals surface area contributed by atoms with Crippen molar-refractivity contribution in [2.75, 3.05) is 5.32 Å². The summed E-state index contributed by atoms with van der Waals surface area (Å²) in [6.45, 7) is 6.19. The highest BCUT2D eigenvalue weighted by atomic mass is 35.5. The molecule has 3 nitrogen and oxygen atoms in total. The molecule has 0 radical (unpaired) electrons. The summed E-state index contributed by atoms with van der Waals surface area (Å²) in [5.74, 6) is -0.253. The van der Waals surface area contributed by atoms with Gasteiger partial charge in [0.15, 0.2) is 5.82 Å². The molecule has 0 unspecified atom stereocenters. The first-order valence-corrected chi connectivity index (χ1v) is 10.2. The Bertz CT molecular complexity index is 1020. The van der Waals surface area contributed by atoms with E-state index in [4.69, 9.17) is 23.2 Å². The average Bonchev–Trinajstić information content (AvgIpc) is 2.71. The van der Waals surface area contributed by atoms with Gasteiger partial charge in [-0.3, -0.25) is 0 Å². The predicted octanol–water partition coefficient (Wildman–Crippen LogP) is 7.38. The second kappa shape index (κ2) is 9.38. The van der Waals surface area contributed by atoms with E-state index in [1.165, 1.54) is 17.7 Å². The number of nitrogens with zero attached hydrogens (tertiary/aromatic N) is 2. The highest BCUT2D eigenvalue weighted by molar-refractivity contribution is 6.35. The maximum absolute atomic E-state index is 13.6. The van der Waals surface area contributed by atoms with Gasteiger partial charge in [0, 0.05) is 17.4 Å². The van der Waals surface area contributed by atoms with Gasteiger partial charge in [0.05, 0.1) is 15.7 Å². The number of rotatable bonds is 6. The Labute approximate surface area is 180 Å². The standard InChI is InChI=1S/C23H22Cl2FN3/c1-4-6-18(16-9-7-15(5-2)8-10-16)19-13-27-23(28-14(19)3)29-17-11-20(24)22(26)21(25)12-17/h6-13H,4-5H2,1-3H3,(H,27,28,29)/b18-6-. The third-order valence-electron chi connectivity index (χ3n) is 4.59. The number of halogens is 3. The van der Waals surface area contributed by atoms with Crippen LogP contribution in [-0.2, 0) is 6.42 Å². The molecule has 0 aliphatic carbocycles. The van der Waals surface area contributed by atoms with Crippen molar-refractivity contribution in [3.05, 3.63) is 86.9 Å². The molecule has 0 saturated heterocycles. The van der Waals surface area contributed by atoms with Crippen LogP contribution < -0.4 is 5.32 Å². The highest BCUT2D eigenvalue weighted by Crippen LogP contribution is 2.30. The number of aromatic nitrogens is 2. The smallest absolute Gasteiger partial charge is 0.227 e. The molecule has 3 rings (SSSR count). The second-order valence-electron chi connectivity index (χ2n) is 6.65. The van der Waals surface area contributed by atoms with Crippen LogP contribution in [0.25, 0.3) is 5.57 Å². The average molecular weight is 430 g/mol. The Kier molecular flexibility index (Phi) is 6.88. The molecule has 0 aliphatic rings. The van der Waals surface area contributed by atoms with Crippen LogP contribution >= 0.6 is 23.2 Å². The van der Waals surface area contributed by atoms with Crippen LogP contribution in [0.4, 0.5) is 16.0 Å². The van der Waals surface area contributed by atoms with Crippen molar-refractivity contribution in [2.24, 2.45) is 0 Å². The van der Waals surface area contributed by atoms with Gasteiger partial charge in [-0.15, -0.1) is 0 Å². The first-order chi connectivity index (χ1) is 13.9. The number of anilines is 2. The van der Waals surface area contributed by atoms with Crippen molar-refractivity contribution >= 4 is 40.4 Å². The lowest BCUT2D eigenvalue weighted by atomic mass is 9.96. The van der Waals surface area contributed by atoms with Gasteiger partial charge in [0.25, 0.3) is 0 Å². The van der Waals surface area contributed by atoms with Gasteiger partial charge in [0.1, 0.15) is 0 Å². The van der Waals surface area contributed by atoms with Crippen molar-refractivity contribution in [3.63, 3.8) is 0 Å². The molecule has 3 aromatic rings. The van der Waals surface area contributed by atoms with E-state index in [1.807, 2.05) is 6.92 Å². The summed E-state index contributed by atoms with van der Waals surface area (Å²) in [6, 6.07) is 11.5. The van der Waals surface area contributed by atoms with Crippen molar-refractivity contribution in [3.8, 4) is 0 Å². The zero-order chi connectivity index (χ0) is 21.0. The van der Waals surface area contributed by atoms with Gasteiger partial charge in [-0.2, -0.15) is 0 Å². The molecule has 0 spiro atoms. The van der Waals surface area contributed by atoms with Crippen LogP contribution in [0.2, 0.25) is 10.0 Å². The van der Waals surface area contributed by atoms with Crippen molar-refractivity contribution in [1.82, 2.24) is 9.97 Å². The van der Waals surface area contributed by atoms with E-state index in [2.05, 4.69) is 59.5 Å². The minimum absolute atomic E-state index is 0.0583. The molecular weight excluding hydrogens is 408 g/mol. The van der Waals surface area contributed by atoms with Crippen LogP contribution in [0, 0.1) is 12.7 Å². The van der Waals surface area contributed by atoms with Crippen LogP contribution in [-0.4, -0.2) is 9.97 Å². The maximum Gasteiger partial charge on any atom is 0.227 e. The molecule has 1 N–H and O–H groups in total. The fourth-order valence-electron chi connectivity index (χ4n) is 3.06. The number of hydrogen-bond acceptors (Lipinski definition) is 3. The van der Waals surface area contributed by atoms with Crippen molar-refractivity contribution in [1.29, 1.82) is 0 Å². The van der Waals surface area contributed by atoms with E-state index in [1.54, 1.807) is 6.20 Å². The summed E-state index contributed by atoms with van der Waals surface area (Å²) >= 11 is 11.7. The van der Waals surface area contributed by atoms with Crippen LogP contribution in [0.15, 0.2) is 48.7 Å². The predicted molar refractivity (Wildman–Crippen MR) is 120 cm³/mol. The molecule has 150 valence electrons. The molecule has 1 aromatic heterocycles. The molecule has 1 heterocycles. The number of hydrogen-bond donors (Lipinski definition) is 1. The zero-order valence-corrected chi connectivity index (χ0v) is 18.1. The SMILES string of the molecule is CC/C=C(/c1ccc(CC)cc1)c1cnc(Nc2cc(Cl)c(F)c(Cl)c2)nc1C. The number of allylic oxidation sites excluding steroid dienone is 1. The van der Waals surface area contributed by atoms with E-state index in [9.17, 15) is 4.39 Å². The number of benzene rings is 2. The van der Waals surface area contributed by atoms with Gasteiger partial charge in [-0.1, -0.05) is 67.4 Å². The fraction of sp³-hybridized carbons (Fsp3) is 0.217. The third-order valence-corrected chi connectivity index (χ3v) is 5.14. The lowest BCUT2D eigenvalue weighted by Crippen LogP contribution is -2.02. The van der Waals surface area contributed by atoms with E-state index in [0.717, 1.165) is 35.2 Å². The largest absolute Gasteiger partial charge is 0.324 e. The van der Waals surface area contributed by atoms with Crippen LogP contribution in [0.3, 0.4) is 0 Å². The van der Waals surface area contributed by atoms with E-state index < -0.39 is 5.82 Å². The Hall–Kier alpha value is -2.43. The van der Waals surface area contributed by atoms with Gasteiger partial charge in [-0.05, 0) is 48.6 Å². The Morgan fingerprint density at radius 1 is 1.10 bits per heavy atom. The Morgan fingerprint density at radius 2 is 1.76 bits per heavy atom. The van der Waals surface area contributed by atoms with Gasteiger partial charge in [0.2, 0.25) is 5.95 Å². The first kappa shape index (κ1) is 21.3. The monoisotopic (exact) mass is 429 g/mol. The van der Waals surface area contributed by atoms with Crippen molar-refractivity contribution < 1.29 is 4.39 Å². The molecule has 0 amide bonds. The quantitative estimate of drug-likeness (QED) is 0.415. The van der Waals surface area contributed by atoms with Crippen LogP contribution in [0.5, 0.6) is 0 Å². The Balaban J connectivity index is 1.91. The number of aryl methyl sites for hydroxylation is 2. The summed E-state index contributed by atoms with van der Waals surface area (Å²) in [5.41, 5.74) is 5.86. The third kappa shape index (κ3) is 4.95. The summed E-state index contributed by atoms with van der Waals surface area (Å²) < 4.78 is 13.6. The molecule has 0 bridgehead atoms. The maximum atomic E-state index is 13.6. The molecular formula is C23H22Cl2FN3.